The van der Waals surface area contributed by atoms with Crippen LogP contribution in [0.5, 0.6) is 17.2 Å². The van der Waals surface area contributed by atoms with Gasteiger partial charge >= 0.3 is 0 Å². The first-order valence-electron chi connectivity index (χ1n) is 6.96. The number of ether oxygens (including phenoxy) is 3. The van der Waals surface area contributed by atoms with E-state index in [0.717, 1.165) is 16.2 Å². The zero-order valence-electron chi connectivity index (χ0n) is 13.0. The van der Waals surface area contributed by atoms with Crippen molar-refractivity contribution in [2.75, 3.05) is 21.3 Å². The highest BCUT2D eigenvalue weighted by molar-refractivity contribution is 6.32. The van der Waals surface area contributed by atoms with Gasteiger partial charge in [0.2, 0.25) is 11.2 Å². The van der Waals surface area contributed by atoms with E-state index in [1.54, 1.807) is 45.6 Å². The Bertz CT molecular complexity index is 966. The van der Waals surface area contributed by atoms with Gasteiger partial charge in [0.25, 0.3) is 0 Å². The first-order chi connectivity index (χ1) is 11.1. The molecule has 0 amide bonds. The number of halogens is 1. The average Bonchev–Trinajstić information content (AvgIpc) is 2.69. The normalized spacial score (nSPS) is 10.8. The van der Waals surface area contributed by atoms with E-state index < -0.39 is 0 Å². The summed E-state index contributed by atoms with van der Waals surface area (Å²) in [5, 5.41) is 2.91. The quantitative estimate of drug-likeness (QED) is 0.727. The van der Waals surface area contributed by atoms with Crippen molar-refractivity contribution >= 4 is 33.1 Å². The van der Waals surface area contributed by atoms with Crippen molar-refractivity contribution in [3.63, 3.8) is 0 Å². The molecule has 0 heterocycles. The minimum atomic E-state index is -0.224. The molecule has 0 bridgehead atoms. The summed E-state index contributed by atoms with van der Waals surface area (Å²) in [6.07, 6.45) is 0. The molecule has 0 saturated carbocycles. The van der Waals surface area contributed by atoms with Crippen molar-refractivity contribution < 1.29 is 14.2 Å². The van der Waals surface area contributed by atoms with Crippen LogP contribution in [0.15, 0.2) is 41.2 Å². The standard InChI is InChI=1S/C18H15ClO4/c1-21-14-9-10-8-13(19)16(20)12-7-5-4-6-11(12)15(10)18(23-3)17(14)22-2/h4-9H,1-3H3. The first-order valence-corrected chi connectivity index (χ1v) is 7.34. The monoisotopic (exact) mass is 330 g/mol. The van der Waals surface area contributed by atoms with E-state index >= 15 is 0 Å². The molecule has 0 radical (unpaired) electrons. The fraction of sp³-hybridized carbons (Fsp3) is 0.167. The third kappa shape index (κ3) is 2.35. The average molecular weight is 331 g/mol. The minimum absolute atomic E-state index is 0.144. The molecular weight excluding hydrogens is 316 g/mol. The fourth-order valence-electron chi connectivity index (χ4n) is 2.80. The minimum Gasteiger partial charge on any atom is -0.493 e. The van der Waals surface area contributed by atoms with Gasteiger partial charge in [0.05, 0.1) is 26.4 Å². The van der Waals surface area contributed by atoms with Crippen LogP contribution in [0.4, 0.5) is 0 Å². The second-order valence-electron chi connectivity index (χ2n) is 4.98. The molecule has 3 aromatic rings. The van der Waals surface area contributed by atoms with Gasteiger partial charge in [-0.3, -0.25) is 4.79 Å². The van der Waals surface area contributed by atoms with Gasteiger partial charge in [-0.05, 0) is 22.9 Å². The topological polar surface area (TPSA) is 44.8 Å². The van der Waals surface area contributed by atoms with Crippen molar-refractivity contribution in [1.82, 2.24) is 0 Å². The van der Waals surface area contributed by atoms with Crippen LogP contribution in [-0.2, 0) is 0 Å². The maximum Gasteiger partial charge on any atom is 0.205 e. The Morgan fingerprint density at radius 1 is 0.870 bits per heavy atom. The lowest BCUT2D eigenvalue weighted by Crippen LogP contribution is -1.97. The summed E-state index contributed by atoms with van der Waals surface area (Å²) < 4.78 is 16.4. The van der Waals surface area contributed by atoms with Crippen LogP contribution in [0, 0.1) is 0 Å². The molecule has 3 aromatic carbocycles. The molecular formula is C18H15ClO4. The summed E-state index contributed by atoms with van der Waals surface area (Å²) in [4.78, 5) is 12.5. The molecule has 23 heavy (non-hydrogen) atoms. The number of methoxy groups -OCH3 is 3. The van der Waals surface area contributed by atoms with Crippen LogP contribution in [0.25, 0.3) is 21.5 Å². The van der Waals surface area contributed by atoms with Gasteiger partial charge in [-0.2, -0.15) is 0 Å². The second kappa shape index (κ2) is 5.97. The SMILES string of the molecule is COc1cc2cc(Cl)c(=O)c3ccccc3c2c(OC)c1OC. The van der Waals surface area contributed by atoms with Crippen LogP contribution in [0.1, 0.15) is 0 Å². The Morgan fingerprint density at radius 3 is 2.13 bits per heavy atom. The molecule has 0 aromatic heterocycles. The first kappa shape index (κ1) is 15.4. The van der Waals surface area contributed by atoms with Crippen molar-refractivity contribution in [3.8, 4) is 17.2 Å². The molecule has 118 valence electrons. The van der Waals surface area contributed by atoms with Gasteiger partial charge in [-0.25, -0.2) is 0 Å². The lowest BCUT2D eigenvalue weighted by atomic mass is 10.1. The van der Waals surface area contributed by atoms with Crippen LogP contribution in [0.2, 0.25) is 5.02 Å². The lowest BCUT2D eigenvalue weighted by Gasteiger charge is -2.14. The highest BCUT2D eigenvalue weighted by Crippen LogP contribution is 2.45. The number of rotatable bonds is 3. The maximum atomic E-state index is 12.5. The molecule has 4 nitrogen and oxygen atoms in total. The predicted octanol–water partition coefficient (Wildman–Crippen LogP) is 4.03. The Hall–Kier alpha value is -2.46. The molecule has 0 spiro atoms. The molecule has 0 aliphatic rings. The Kier molecular flexibility index (Phi) is 4.01. The summed E-state index contributed by atoms with van der Waals surface area (Å²) in [5.41, 5.74) is -0.224. The van der Waals surface area contributed by atoms with Crippen LogP contribution >= 0.6 is 11.6 Å². The maximum absolute atomic E-state index is 12.5. The van der Waals surface area contributed by atoms with Crippen molar-refractivity contribution in [3.05, 3.63) is 51.6 Å². The lowest BCUT2D eigenvalue weighted by molar-refractivity contribution is 0.327. The summed E-state index contributed by atoms with van der Waals surface area (Å²) in [6, 6.07) is 10.7. The molecule has 0 N–H and O–H groups in total. The van der Waals surface area contributed by atoms with Crippen molar-refractivity contribution in [1.29, 1.82) is 0 Å². The Morgan fingerprint density at radius 2 is 1.52 bits per heavy atom. The molecule has 0 aliphatic heterocycles. The summed E-state index contributed by atoms with van der Waals surface area (Å²) in [7, 11) is 4.65. The molecule has 0 unspecified atom stereocenters. The van der Waals surface area contributed by atoms with Gasteiger partial charge in [-0.15, -0.1) is 0 Å². The Labute approximate surface area is 138 Å². The van der Waals surface area contributed by atoms with Crippen molar-refractivity contribution in [2.45, 2.75) is 0 Å². The Balaban J connectivity index is 2.71. The van der Waals surface area contributed by atoms with Gasteiger partial charge in [-0.1, -0.05) is 35.9 Å². The highest BCUT2D eigenvalue weighted by Gasteiger charge is 2.18. The second-order valence-corrected chi connectivity index (χ2v) is 5.38. The van der Waals surface area contributed by atoms with E-state index in [0.29, 0.717) is 22.6 Å². The fourth-order valence-corrected chi connectivity index (χ4v) is 3.02. The van der Waals surface area contributed by atoms with E-state index in [4.69, 9.17) is 25.8 Å². The van der Waals surface area contributed by atoms with Crippen molar-refractivity contribution in [2.24, 2.45) is 0 Å². The number of hydrogen-bond donors (Lipinski definition) is 0. The largest absolute Gasteiger partial charge is 0.493 e. The third-order valence-electron chi connectivity index (χ3n) is 3.80. The summed E-state index contributed by atoms with van der Waals surface area (Å²) in [5.74, 6) is 1.49. The van der Waals surface area contributed by atoms with Crippen LogP contribution in [-0.4, -0.2) is 21.3 Å². The van der Waals surface area contributed by atoms with Gasteiger partial charge in [0, 0.05) is 10.8 Å². The van der Waals surface area contributed by atoms with Gasteiger partial charge in [0.1, 0.15) is 0 Å². The summed E-state index contributed by atoms with van der Waals surface area (Å²) >= 11 is 6.19. The highest BCUT2D eigenvalue weighted by atomic mass is 35.5. The molecule has 0 aliphatic carbocycles. The van der Waals surface area contributed by atoms with Crippen LogP contribution in [0.3, 0.4) is 0 Å². The predicted molar refractivity (Wildman–Crippen MR) is 92.4 cm³/mol. The molecule has 3 rings (SSSR count). The van der Waals surface area contributed by atoms with E-state index in [1.807, 2.05) is 12.1 Å². The van der Waals surface area contributed by atoms with E-state index in [2.05, 4.69) is 0 Å². The third-order valence-corrected chi connectivity index (χ3v) is 4.08. The van der Waals surface area contributed by atoms with E-state index in [1.165, 1.54) is 0 Å². The number of hydrogen-bond acceptors (Lipinski definition) is 4. The van der Waals surface area contributed by atoms with E-state index in [9.17, 15) is 4.79 Å². The molecule has 0 atom stereocenters. The number of benzene rings is 2. The zero-order chi connectivity index (χ0) is 16.6. The number of fused-ring (bicyclic) bond motifs is 3. The zero-order valence-corrected chi connectivity index (χ0v) is 13.7. The molecule has 0 saturated heterocycles. The van der Waals surface area contributed by atoms with Gasteiger partial charge in [0.15, 0.2) is 11.5 Å². The molecule has 0 fully saturated rings. The van der Waals surface area contributed by atoms with E-state index in [-0.39, 0.29) is 10.5 Å². The summed E-state index contributed by atoms with van der Waals surface area (Å²) in [6.45, 7) is 0. The van der Waals surface area contributed by atoms with Gasteiger partial charge < -0.3 is 14.2 Å². The smallest absolute Gasteiger partial charge is 0.205 e. The molecule has 5 heteroatoms. The van der Waals surface area contributed by atoms with Crippen LogP contribution < -0.4 is 19.6 Å².